The van der Waals surface area contributed by atoms with E-state index in [0.717, 1.165) is 11.8 Å². The fourth-order valence-corrected chi connectivity index (χ4v) is 5.16. The van der Waals surface area contributed by atoms with Crippen molar-refractivity contribution < 1.29 is 22.3 Å². The van der Waals surface area contributed by atoms with Crippen molar-refractivity contribution in [1.82, 2.24) is 4.98 Å². The van der Waals surface area contributed by atoms with Gasteiger partial charge in [-0.25, -0.2) is 17.8 Å². The summed E-state index contributed by atoms with van der Waals surface area (Å²) >= 11 is 0. The molecule has 2 fully saturated rings. The Labute approximate surface area is 163 Å². The highest BCUT2D eigenvalue weighted by Crippen LogP contribution is 2.33. The minimum Gasteiger partial charge on any atom is -0.384 e. The second-order valence-electron chi connectivity index (χ2n) is 6.93. The number of halogens is 1. The molecule has 1 atom stereocenters. The molecule has 3 heterocycles. The van der Waals surface area contributed by atoms with Crippen LogP contribution in [0.5, 0.6) is 0 Å². The number of aromatic nitrogens is 1. The summed E-state index contributed by atoms with van der Waals surface area (Å²) in [5, 5.41) is -0.588. The summed E-state index contributed by atoms with van der Waals surface area (Å²) in [5.74, 6) is -0.472. The molecule has 0 unspecified atom stereocenters. The Kier molecular flexibility index (Phi) is 5.22. The van der Waals surface area contributed by atoms with Crippen molar-refractivity contribution in [3.05, 3.63) is 36.3 Å². The Morgan fingerprint density at radius 3 is 2.57 bits per heavy atom. The lowest BCUT2D eigenvalue weighted by Crippen LogP contribution is -2.36. The zero-order valence-corrected chi connectivity index (χ0v) is 16.1. The van der Waals surface area contributed by atoms with Crippen molar-refractivity contribution in [1.29, 1.82) is 0 Å². The quantitative estimate of drug-likeness (QED) is 0.827. The van der Waals surface area contributed by atoms with Gasteiger partial charge in [0.15, 0.2) is 9.84 Å². The number of benzene rings is 1. The van der Waals surface area contributed by atoms with Crippen LogP contribution < -0.4 is 10.6 Å². The molecule has 4 rings (SSSR count). The van der Waals surface area contributed by atoms with Gasteiger partial charge in [0.1, 0.15) is 11.6 Å². The zero-order valence-electron chi connectivity index (χ0n) is 15.3. The van der Waals surface area contributed by atoms with Gasteiger partial charge in [0, 0.05) is 43.2 Å². The lowest BCUT2D eigenvalue weighted by molar-refractivity contribution is 0.122. The summed E-state index contributed by atoms with van der Waals surface area (Å²) in [6.45, 7) is 2.99. The lowest BCUT2D eigenvalue weighted by atomic mass is 10.1. The smallest absolute Gasteiger partial charge is 0.183 e. The molecule has 0 aliphatic carbocycles. The first kappa shape index (κ1) is 19.1. The largest absolute Gasteiger partial charge is 0.384 e. The standard InChI is InChI=1S/C19H22FN3O4S/c20-18-10-19(21)22-11-17(18)13-7-14(23-2-5-26-6-3-23)9-16(8-13)28(24,25)15-1-4-27-12-15/h7-11,15H,1-6,12H2,(H2,21,22)/t15-/m1/s1. The summed E-state index contributed by atoms with van der Waals surface area (Å²) < 4.78 is 51.5. The summed E-state index contributed by atoms with van der Waals surface area (Å²) in [5.41, 5.74) is 6.93. The minimum atomic E-state index is -3.60. The molecular weight excluding hydrogens is 385 g/mol. The summed E-state index contributed by atoms with van der Waals surface area (Å²) in [7, 11) is -3.60. The second-order valence-corrected chi connectivity index (χ2v) is 9.16. The van der Waals surface area contributed by atoms with Crippen LogP contribution in [0.4, 0.5) is 15.9 Å². The molecule has 0 amide bonds. The monoisotopic (exact) mass is 407 g/mol. The number of nitrogens with zero attached hydrogens (tertiary/aromatic N) is 2. The highest BCUT2D eigenvalue weighted by atomic mass is 32.2. The van der Waals surface area contributed by atoms with Crippen LogP contribution in [0.25, 0.3) is 11.1 Å². The van der Waals surface area contributed by atoms with Crippen LogP contribution in [-0.4, -0.2) is 58.2 Å². The van der Waals surface area contributed by atoms with E-state index in [1.54, 1.807) is 12.1 Å². The van der Waals surface area contributed by atoms with Gasteiger partial charge in [-0.3, -0.25) is 0 Å². The molecule has 2 aromatic rings. The number of sulfone groups is 1. The van der Waals surface area contributed by atoms with Gasteiger partial charge in [-0.2, -0.15) is 0 Å². The number of nitrogens with two attached hydrogens (primary N) is 1. The molecule has 0 saturated carbocycles. The predicted molar refractivity (Wildman–Crippen MR) is 103 cm³/mol. The van der Waals surface area contributed by atoms with Crippen molar-refractivity contribution in [2.45, 2.75) is 16.6 Å². The maximum Gasteiger partial charge on any atom is 0.183 e. The number of nitrogen functional groups attached to an aromatic ring is 1. The van der Waals surface area contributed by atoms with Gasteiger partial charge < -0.3 is 20.1 Å². The molecule has 7 nitrogen and oxygen atoms in total. The fourth-order valence-electron chi connectivity index (χ4n) is 3.52. The molecule has 1 aromatic heterocycles. The highest BCUT2D eigenvalue weighted by Gasteiger charge is 2.32. The van der Waals surface area contributed by atoms with E-state index in [1.807, 2.05) is 4.90 Å². The number of hydrogen-bond acceptors (Lipinski definition) is 7. The zero-order chi connectivity index (χ0) is 19.7. The Morgan fingerprint density at radius 2 is 1.89 bits per heavy atom. The molecule has 2 aliphatic heterocycles. The molecule has 0 radical (unpaired) electrons. The molecule has 2 aliphatic rings. The van der Waals surface area contributed by atoms with Crippen molar-refractivity contribution in [2.24, 2.45) is 0 Å². The number of morpholine rings is 1. The van der Waals surface area contributed by atoms with Crippen LogP contribution in [0.1, 0.15) is 6.42 Å². The summed E-state index contributed by atoms with van der Waals surface area (Å²) in [6, 6.07) is 6.08. The number of anilines is 2. The fraction of sp³-hybridized carbons (Fsp3) is 0.421. The van der Waals surface area contributed by atoms with Gasteiger partial charge in [0.05, 0.1) is 30.0 Å². The lowest BCUT2D eigenvalue weighted by Gasteiger charge is -2.29. The van der Waals surface area contributed by atoms with Crippen LogP contribution in [0.2, 0.25) is 0 Å². The summed E-state index contributed by atoms with van der Waals surface area (Å²) in [6.07, 6.45) is 1.79. The molecule has 9 heteroatoms. The van der Waals surface area contributed by atoms with Gasteiger partial charge in [-0.05, 0) is 30.2 Å². The first-order valence-corrected chi connectivity index (χ1v) is 10.7. The maximum atomic E-state index is 14.5. The van der Waals surface area contributed by atoms with Gasteiger partial charge in [-0.1, -0.05) is 0 Å². The van der Waals surface area contributed by atoms with Gasteiger partial charge in [0.25, 0.3) is 0 Å². The van der Waals surface area contributed by atoms with Crippen molar-refractivity contribution >= 4 is 21.3 Å². The molecule has 2 saturated heterocycles. The molecule has 2 N–H and O–H groups in total. The Balaban J connectivity index is 1.83. The first-order chi connectivity index (χ1) is 13.4. The first-order valence-electron chi connectivity index (χ1n) is 9.16. The van der Waals surface area contributed by atoms with E-state index in [2.05, 4.69) is 4.98 Å². The third kappa shape index (κ3) is 3.69. The summed E-state index contributed by atoms with van der Waals surface area (Å²) in [4.78, 5) is 6.17. The molecule has 28 heavy (non-hydrogen) atoms. The van der Waals surface area contributed by atoms with E-state index in [1.165, 1.54) is 12.3 Å². The van der Waals surface area contributed by atoms with E-state index in [9.17, 15) is 12.8 Å². The van der Waals surface area contributed by atoms with Gasteiger partial charge in [-0.15, -0.1) is 0 Å². The van der Waals surface area contributed by atoms with Crippen molar-refractivity contribution in [3.63, 3.8) is 0 Å². The number of pyridine rings is 1. The Hall–Kier alpha value is -2.23. The van der Waals surface area contributed by atoms with E-state index >= 15 is 0 Å². The van der Waals surface area contributed by atoms with Crippen molar-refractivity contribution in [2.75, 3.05) is 50.2 Å². The topological polar surface area (TPSA) is 94.8 Å². The van der Waals surface area contributed by atoms with E-state index in [4.69, 9.17) is 15.2 Å². The Bertz CT molecular complexity index is 971. The third-order valence-corrected chi connectivity index (χ3v) is 7.25. The minimum absolute atomic E-state index is 0.0709. The van der Waals surface area contributed by atoms with Crippen LogP contribution in [0.3, 0.4) is 0 Å². The second kappa shape index (κ2) is 7.65. The molecule has 150 valence electrons. The molecule has 0 bridgehead atoms. The number of rotatable bonds is 4. The van der Waals surface area contributed by atoms with Crippen LogP contribution in [-0.2, 0) is 19.3 Å². The normalized spacial score (nSPS) is 20.5. The van der Waals surface area contributed by atoms with Gasteiger partial charge in [0.2, 0.25) is 0 Å². The molecular formula is C19H22FN3O4S. The van der Waals surface area contributed by atoms with Crippen LogP contribution >= 0.6 is 0 Å². The average molecular weight is 407 g/mol. The number of ether oxygens (including phenoxy) is 2. The van der Waals surface area contributed by atoms with E-state index in [-0.39, 0.29) is 22.9 Å². The van der Waals surface area contributed by atoms with Crippen molar-refractivity contribution in [3.8, 4) is 11.1 Å². The van der Waals surface area contributed by atoms with Crippen LogP contribution in [0, 0.1) is 5.82 Å². The predicted octanol–water partition coefficient (Wildman–Crippen LogP) is 1.87. The Morgan fingerprint density at radius 1 is 1.11 bits per heavy atom. The van der Waals surface area contributed by atoms with E-state index < -0.39 is 20.9 Å². The van der Waals surface area contributed by atoms with Gasteiger partial charge >= 0.3 is 0 Å². The third-order valence-electron chi connectivity index (χ3n) is 5.11. The molecule has 1 aromatic carbocycles. The maximum absolute atomic E-state index is 14.5. The highest BCUT2D eigenvalue weighted by molar-refractivity contribution is 7.92. The average Bonchev–Trinajstić information content (AvgIpc) is 3.24. The molecule has 0 spiro atoms. The number of hydrogen-bond donors (Lipinski definition) is 1. The van der Waals surface area contributed by atoms with Crippen LogP contribution in [0.15, 0.2) is 35.4 Å². The van der Waals surface area contributed by atoms with E-state index in [0.29, 0.717) is 44.9 Å². The SMILES string of the molecule is Nc1cc(F)c(-c2cc(N3CCOCC3)cc(S(=O)(=O)[C@@H]3CCOC3)c2)cn1.